The van der Waals surface area contributed by atoms with Crippen LogP contribution in [-0.2, 0) is 11.8 Å². The topological polar surface area (TPSA) is 61.6 Å². The molecular weight excluding hydrogens is 268 g/mol. The molecule has 0 radical (unpaired) electrons. The lowest BCUT2D eigenvalue weighted by Crippen LogP contribution is -2.50. The van der Waals surface area contributed by atoms with E-state index in [1.807, 2.05) is 24.3 Å². The zero-order chi connectivity index (χ0) is 15.0. The van der Waals surface area contributed by atoms with Gasteiger partial charge in [-0.25, -0.2) is 0 Å². The van der Waals surface area contributed by atoms with Crippen LogP contribution in [0.4, 0.5) is 0 Å². The molecule has 1 aromatic heterocycles. The van der Waals surface area contributed by atoms with Crippen LogP contribution in [-0.4, -0.2) is 69.4 Å². The summed E-state index contributed by atoms with van der Waals surface area (Å²) in [5, 5.41) is 13.6. The van der Waals surface area contributed by atoms with Crippen molar-refractivity contribution in [3.8, 4) is 0 Å². The number of carbonyl (C=O) groups excluding carboxylic acids is 1. The monoisotopic (exact) mass is 292 g/mol. The van der Waals surface area contributed by atoms with Gasteiger partial charge in [0.15, 0.2) is 0 Å². The highest BCUT2D eigenvalue weighted by molar-refractivity contribution is 5.83. The van der Waals surface area contributed by atoms with Crippen molar-refractivity contribution in [2.24, 2.45) is 13.0 Å². The van der Waals surface area contributed by atoms with Crippen LogP contribution >= 0.6 is 0 Å². The molecule has 1 aliphatic heterocycles. The molecule has 116 valence electrons. The molecule has 1 aromatic rings. The number of nitrogens with zero attached hydrogens (tertiary/aromatic N) is 4. The fraction of sp³-hybridized carbons (Fsp3) is 0.733. The van der Waals surface area contributed by atoms with Crippen LogP contribution in [0, 0.1) is 5.92 Å². The molecule has 1 N–H and O–H groups in total. The number of β-amino-alcohol motifs (C(OH)–C–C–N with tert-alkyl or cyclic N) is 1. The molecule has 1 amide bonds. The fourth-order valence-electron chi connectivity index (χ4n) is 3.23. The molecule has 1 saturated heterocycles. The Labute approximate surface area is 125 Å². The lowest BCUT2D eigenvalue weighted by molar-refractivity contribution is -0.134. The molecule has 6 heteroatoms. The average molecular weight is 292 g/mol. The first kappa shape index (κ1) is 14.5. The van der Waals surface area contributed by atoms with E-state index in [1.165, 1.54) is 5.56 Å². The second kappa shape index (κ2) is 5.77. The summed E-state index contributed by atoms with van der Waals surface area (Å²) in [4.78, 5) is 16.7. The van der Waals surface area contributed by atoms with Crippen LogP contribution in [0.15, 0.2) is 12.4 Å². The lowest BCUT2D eigenvalue weighted by Gasteiger charge is -2.35. The molecule has 2 heterocycles. The highest BCUT2D eigenvalue weighted by Gasteiger charge is 2.46. The minimum atomic E-state index is -0.300. The third-order valence-corrected chi connectivity index (χ3v) is 4.47. The van der Waals surface area contributed by atoms with Gasteiger partial charge < -0.3 is 10.0 Å². The fourth-order valence-corrected chi connectivity index (χ4v) is 3.23. The second-order valence-electron chi connectivity index (χ2n) is 6.37. The molecule has 1 aliphatic carbocycles. The van der Waals surface area contributed by atoms with Crippen LogP contribution < -0.4 is 0 Å². The minimum Gasteiger partial charge on any atom is -0.392 e. The van der Waals surface area contributed by atoms with Crippen molar-refractivity contribution < 1.29 is 9.90 Å². The standard InChI is InChI=1S/C15H24N4O2/c1-11(20)9-18-3-5-19(6-4-18)15(21)14-7-13(14)12-8-16-17(2)10-12/h8,10-11,13-14,20H,3-7,9H2,1-2H3/t11-,13+,14-/m0/s1. The van der Waals surface area contributed by atoms with Crippen molar-refractivity contribution in [2.45, 2.75) is 25.4 Å². The van der Waals surface area contributed by atoms with Crippen LogP contribution in [0.1, 0.15) is 24.8 Å². The van der Waals surface area contributed by atoms with Gasteiger partial charge in [0.25, 0.3) is 0 Å². The van der Waals surface area contributed by atoms with Gasteiger partial charge in [-0.3, -0.25) is 14.4 Å². The largest absolute Gasteiger partial charge is 0.392 e. The highest BCUT2D eigenvalue weighted by atomic mass is 16.3. The number of aromatic nitrogens is 2. The quantitative estimate of drug-likeness (QED) is 0.852. The predicted molar refractivity (Wildman–Crippen MR) is 78.8 cm³/mol. The third kappa shape index (κ3) is 3.27. The van der Waals surface area contributed by atoms with Crippen LogP contribution in [0.2, 0.25) is 0 Å². The molecule has 0 unspecified atom stereocenters. The van der Waals surface area contributed by atoms with Crippen molar-refractivity contribution in [3.63, 3.8) is 0 Å². The second-order valence-corrected chi connectivity index (χ2v) is 6.37. The number of hydrogen-bond donors (Lipinski definition) is 1. The van der Waals surface area contributed by atoms with Crippen molar-refractivity contribution in [1.29, 1.82) is 0 Å². The van der Waals surface area contributed by atoms with E-state index in [0.717, 1.165) is 32.6 Å². The molecule has 3 rings (SSSR count). The number of aryl methyl sites for hydroxylation is 1. The molecule has 0 bridgehead atoms. The molecule has 1 saturated carbocycles. The lowest BCUT2D eigenvalue weighted by atomic mass is 10.1. The summed E-state index contributed by atoms with van der Waals surface area (Å²) < 4.78 is 1.80. The highest BCUT2D eigenvalue weighted by Crippen LogP contribution is 2.48. The minimum absolute atomic E-state index is 0.150. The summed E-state index contributed by atoms with van der Waals surface area (Å²) >= 11 is 0. The number of aliphatic hydroxyl groups is 1. The van der Waals surface area contributed by atoms with Gasteiger partial charge >= 0.3 is 0 Å². The Morgan fingerprint density at radius 3 is 2.71 bits per heavy atom. The van der Waals surface area contributed by atoms with Crippen LogP contribution in [0.3, 0.4) is 0 Å². The van der Waals surface area contributed by atoms with E-state index in [0.29, 0.717) is 18.4 Å². The van der Waals surface area contributed by atoms with Gasteiger partial charge in [0.1, 0.15) is 0 Å². The first-order chi connectivity index (χ1) is 10.0. The molecule has 6 nitrogen and oxygen atoms in total. The average Bonchev–Trinajstić information content (AvgIpc) is 3.13. The molecule has 3 atom stereocenters. The van der Waals surface area contributed by atoms with E-state index < -0.39 is 0 Å². The maximum absolute atomic E-state index is 12.5. The van der Waals surface area contributed by atoms with Gasteiger partial charge in [0.2, 0.25) is 5.91 Å². The summed E-state index contributed by atoms with van der Waals surface area (Å²) in [6.07, 6.45) is 4.54. The van der Waals surface area contributed by atoms with Gasteiger partial charge in [-0.1, -0.05) is 0 Å². The van der Waals surface area contributed by atoms with E-state index in [-0.39, 0.29) is 12.0 Å². The Morgan fingerprint density at radius 1 is 1.43 bits per heavy atom. The third-order valence-electron chi connectivity index (χ3n) is 4.47. The molecule has 0 aromatic carbocycles. The van der Waals surface area contributed by atoms with Gasteiger partial charge in [0, 0.05) is 51.9 Å². The van der Waals surface area contributed by atoms with Gasteiger partial charge in [-0.05, 0) is 24.8 Å². The number of piperazine rings is 1. The van der Waals surface area contributed by atoms with Gasteiger partial charge in [0.05, 0.1) is 12.3 Å². The summed E-state index contributed by atoms with van der Waals surface area (Å²) in [7, 11) is 1.91. The first-order valence-corrected chi connectivity index (χ1v) is 7.72. The van der Waals surface area contributed by atoms with E-state index in [4.69, 9.17) is 0 Å². The van der Waals surface area contributed by atoms with Crippen molar-refractivity contribution in [2.75, 3.05) is 32.7 Å². The number of aliphatic hydroxyl groups excluding tert-OH is 1. The predicted octanol–water partition coefficient (Wildman–Crippen LogP) is 0.0486. The van der Waals surface area contributed by atoms with Gasteiger partial charge in [-0.15, -0.1) is 0 Å². The zero-order valence-corrected chi connectivity index (χ0v) is 12.8. The Morgan fingerprint density at radius 2 is 2.14 bits per heavy atom. The van der Waals surface area contributed by atoms with E-state index in [2.05, 4.69) is 10.00 Å². The Bertz CT molecular complexity index is 506. The Balaban J connectivity index is 1.49. The SMILES string of the molecule is C[C@H](O)CN1CCN(C(=O)[C@H]2C[C@@H]2c2cnn(C)c2)CC1. The maximum Gasteiger partial charge on any atom is 0.226 e. The van der Waals surface area contributed by atoms with Gasteiger partial charge in [-0.2, -0.15) is 5.10 Å². The summed E-state index contributed by atoms with van der Waals surface area (Å²) in [6.45, 7) is 5.79. The molecule has 2 aliphatic rings. The molecule has 0 spiro atoms. The Hall–Kier alpha value is -1.40. The maximum atomic E-state index is 12.5. The zero-order valence-electron chi connectivity index (χ0n) is 12.8. The summed E-state index contributed by atoms with van der Waals surface area (Å²) in [5.74, 6) is 0.805. The first-order valence-electron chi connectivity index (χ1n) is 7.72. The van der Waals surface area contributed by atoms with Crippen molar-refractivity contribution in [1.82, 2.24) is 19.6 Å². The molecular formula is C15H24N4O2. The Kier molecular flexibility index (Phi) is 3.99. The van der Waals surface area contributed by atoms with Crippen molar-refractivity contribution >= 4 is 5.91 Å². The summed E-state index contributed by atoms with van der Waals surface area (Å²) in [5.41, 5.74) is 1.18. The van der Waals surface area contributed by atoms with E-state index in [9.17, 15) is 9.90 Å². The van der Waals surface area contributed by atoms with E-state index in [1.54, 1.807) is 11.6 Å². The number of rotatable bonds is 4. The van der Waals surface area contributed by atoms with Crippen molar-refractivity contribution in [3.05, 3.63) is 18.0 Å². The number of hydrogen-bond acceptors (Lipinski definition) is 4. The van der Waals surface area contributed by atoms with E-state index >= 15 is 0 Å². The van der Waals surface area contributed by atoms with Crippen LogP contribution in [0.5, 0.6) is 0 Å². The van der Waals surface area contributed by atoms with Crippen LogP contribution in [0.25, 0.3) is 0 Å². The smallest absolute Gasteiger partial charge is 0.226 e. The molecule has 2 fully saturated rings. The number of amides is 1. The number of carbonyl (C=O) groups is 1. The normalized spacial score (nSPS) is 27.7. The summed E-state index contributed by atoms with van der Waals surface area (Å²) in [6, 6.07) is 0. The molecule has 21 heavy (non-hydrogen) atoms.